The number of H-pyrrole nitrogens is 1. The minimum absolute atomic E-state index is 0.0125. The average Bonchev–Trinajstić information content (AvgIpc) is 2.76. The first-order valence-electron chi connectivity index (χ1n) is 6.30. The number of amides is 1. The second-order valence-electron chi connectivity index (χ2n) is 5.45. The van der Waals surface area contributed by atoms with Crippen LogP contribution in [0.1, 0.15) is 39.5 Å². The minimum atomic E-state index is 0.0125. The number of hydrogen-bond acceptors (Lipinski definition) is 4. The molecule has 1 saturated carbocycles. The van der Waals surface area contributed by atoms with Crippen LogP contribution in [0.25, 0.3) is 0 Å². The Morgan fingerprint density at radius 1 is 1.50 bits per heavy atom. The molecule has 100 valence electrons. The van der Waals surface area contributed by atoms with Crippen LogP contribution in [0.4, 0.5) is 5.95 Å². The fourth-order valence-corrected chi connectivity index (χ4v) is 2.58. The monoisotopic (exact) mass is 252 g/mol. The average molecular weight is 252 g/mol. The summed E-state index contributed by atoms with van der Waals surface area (Å²) in [5.41, 5.74) is 0.0481. The normalized spacial score (nSPS) is 22.5. The number of rotatable bonds is 3. The van der Waals surface area contributed by atoms with Gasteiger partial charge in [0.05, 0.1) is 7.11 Å². The van der Waals surface area contributed by atoms with Crippen molar-refractivity contribution in [2.75, 3.05) is 12.4 Å². The second-order valence-corrected chi connectivity index (χ2v) is 5.45. The quantitative estimate of drug-likeness (QED) is 0.861. The molecule has 18 heavy (non-hydrogen) atoms. The van der Waals surface area contributed by atoms with Crippen LogP contribution in [0, 0.1) is 11.3 Å². The zero-order valence-corrected chi connectivity index (χ0v) is 11.1. The first-order chi connectivity index (χ1) is 8.53. The molecule has 2 N–H and O–H groups in total. The predicted molar refractivity (Wildman–Crippen MR) is 67.3 cm³/mol. The largest absolute Gasteiger partial charge is 0.466 e. The van der Waals surface area contributed by atoms with Crippen LogP contribution in [0.5, 0.6) is 6.01 Å². The molecular weight excluding hydrogens is 232 g/mol. The van der Waals surface area contributed by atoms with Crippen LogP contribution < -0.4 is 10.1 Å². The molecule has 0 spiro atoms. The maximum atomic E-state index is 12.2. The van der Waals surface area contributed by atoms with Crippen molar-refractivity contribution in [3.8, 4) is 6.01 Å². The Morgan fingerprint density at radius 2 is 2.28 bits per heavy atom. The van der Waals surface area contributed by atoms with Gasteiger partial charge in [0.15, 0.2) is 0 Å². The minimum Gasteiger partial charge on any atom is -0.466 e. The van der Waals surface area contributed by atoms with E-state index >= 15 is 0 Å². The lowest BCUT2D eigenvalue weighted by atomic mass is 9.68. The summed E-state index contributed by atoms with van der Waals surface area (Å²) < 4.78 is 4.86. The van der Waals surface area contributed by atoms with Gasteiger partial charge < -0.3 is 4.74 Å². The van der Waals surface area contributed by atoms with Crippen molar-refractivity contribution in [3.05, 3.63) is 0 Å². The fourth-order valence-electron chi connectivity index (χ4n) is 2.58. The molecule has 0 aliphatic heterocycles. The third-order valence-electron chi connectivity index (χ3n) is 3.71. The molecule has 1 aliphatic carbocycles. The van der Waals surface area contributed by atoms with Gasteiger partial charge in [0.1, 0.15) is 0 Å². The molecule has 1 atom stereocenters. The van der Waals surface area contributed by atoms with Gasteiger partial charge in [-0.05, 0) is 18.3 Å². The summed E-state index contributed by atoms with van der Waals surface area (Å²) in [4.78, 5) is 16.2. The van der Waals surface area contributed by atoms with Gasteiger partial charge in [-0.15, -0.1) is 5.10 Å². The highest BCUT2D eigenvalue weighted by atomic mass is 16.5. The highest BCUT2D eigenvalue weighted by Gasteiger charge is 2.37. The van der Waals surface area contributed by atoms with Crippen LogP contribution in [0.15, 0.2) is 0 Å². The van der Waals surface area contributed by atoms with E-state index in [-0.39, 0.29) is 23.3 Å². The first-order valence-corrected chi connectivity index (χ1v) is 6.30. The van der Waals surface area contributed by atoms with E-state index in [0.29, 0.717) is 5.95 Å². The molecule has 1 fully saturated rings. The summed E-state index contributed by atoms with van der Waals surface area (Å²) in [7, 11) is 1.49. The number of methoxy groups -OCH3 is 1. The Bertz CT molecular complexity index is 427. The Labute approximate surface area is 107 Å². The molecule has 0 bridgehead atoms. The van der Waals surface area contributed by atoms with Crippen molar-refractivity contribution >= 4 is 11.9 Å². The molecule has 1 aromatic heterocycles. The van der Waals surface area contributed by atoms with E-state index in [1.807, 2.05) is 0 Å². The predicted octanol–water partition coefficient (Wildman–Crippen LogP) is 1.97. The third kappa shape index (κ3) is 2.63. The van der Waals surface area contributed by atoms with Crippen LogP contribution >= 0.6 is 0 Å². The Balaban J connectivity index is 2.02. The molecule has 1 aliphatic rings. The van der Waals surface area contributed by atoms with Gasteiger partial charge in [0.25, 0.3) is 0 Å². The fraction of sp³-hybridized carbons (Fsp3) is 0.750. The Hall–Kier alpha value is -1.59. The Kier molecular flexibility index (Phi) is 3.54. The number of nitrogens with one attached hydrogen (secondary N) is 2. The van der Waals surface area contributed by atoms with Crippen LogP contribution in [0.2, 0.25) is 0 Å². The molecule has 1 amide bonds. The van der Waals surface area contributed by atoms with Crippen molar-refractivity contribution in [2.45, 2.75) is 39.5 Å². The number of anilines is 1. The summed E-state index contributed by atoms with van der Waals surface area (Å²) in [5.74, 6) is 0.388. The third-order valence-corrected chi connectivity index (χ3v) is 3.71. The molecule has 0 aromatic carbocycles. The SMILES string of the molecule is COc1n[nH]c(NC(=O)C2CCCCC2(C)C)n1. The van der Waals surface area contributed by atoms with E-state index in [2.05, 4.69) is 34.3 Å². The van der Waals surface area contributed by atoms with E-state index in [0.717, 1.165) is 19.3 Å². The molecule has 1 unspecified atom stereocenters. The molecular formula is C12H20N4O2. The van der Waals surface area contributed by atoms with E-state index < -0.39 is 0 Å². The van der Waals surface area contributed by atoms with E-state index in [1.54, 1.807) is 0 Å². The summed E-state index contributed by atoms with van der Waals surface area (Å²) >= 11 is 0. The second kappa shape index (κ2) is 4.96. The van der Waals surface area contributed by atoms with Gasteiger partial charge >= 0.3 is 6.01 Å². The van der Waals surface area contributed by atoms with Crippen LogP contribution in [-0.4, -0.2) is 28.2 Å². The molecule has 6 heteroatoms. The highest BCUT2D eigenvalue weighted by Crippen LogP contribution is 2.40. The van der Waals surface area contributed by atoms with Gasteiger partial charge in [-0.2, -0.15) is 4.98 Å². The van der Waals surface area contributed by atoms with E-state index in [9.17, 15) is 4.79 Å². The van der Waals surface area contributed by atoms with E-state index in [4.69, 9.17) is 4.74 Å². The molecule has 0 radical (unpaired) electrons. The van der Waals surface area contributed by atoms with Crippen molar-refractivity contribution in [1.82, 2.24) is 15.2 Å². The smallest absolute Gasteiger partial charge is 0.336 e. The lowest BCUT2D eigenvalue weighted by molar-refractivity contribution is -0.124. The first kappa shape index (κ1) is 12.9. The lowest BCUT2D eigenvalue weighted by Crippen LogP contribution is -2.37. The number of nitrogens with zero attached hydrogens (tertiary/aromatic N) is 2. The maximum Gasteiger partial charge on any atom is 0.336 e. The lowest BCUT2D eigenvalue weighted by Gasteiger charge is -2.37. The van der Waals surface area contributed by atoms with Crippen LogP contribution in [0.3, 0.4) is 0 Å². The number of aromatic nitrogens is 3. The van der Waals surface area contributed by atoms with E-state index in [1.165, 1.54) is 13.5 Å². The molecule has 0 saturated heterocycles. The number of aromatic amines is 1. The Morgan fingerprint density at radius 3 is 2.89 bits per heavy atom. The zero-order valence-electron chi connectivity index (χ0n) is 11.1. The maximum absolute atomic E-state index is 12.2. The van der Waals surface area contributed by atoms with Crippen LogP contribution in [-0.2, 0) is 4.79 Å². The molecule has 2 rings (SSSR count). The van der Waals surface area contributed by atoms with Crippen molar-refractivity contribution in [3.63, 3.8) is 0 Å². The van der Waals surface area contributed by atoms with Gasteiger partial charge in [-0.1, -0.05) is 26.7 Å². The number of hydrogen-bond donors (Lipinski definition) is 2. The van der Waals surface area contributed by atoms with Gasteiger partial charge in [-0.3, -0.25) is 10.1 Å². The topological polar surface area (TPSA) is 79.9 Å². The summed E-state index contributed by atoms with van der Waals surface area (Å²) in [6, 6.07) is 0.230. The van der Waals surface area contributed by atoms with Crippen molar-refractivity contribution in [1.29, 1.82) is 0 Å². The van der Waals surface area contributed by atoms with Crippen molar-refractivity contribution < 1.29 is 9.53 Å². The van der Waals surface area contributed by atoms with Gasteiger partial charge in [-0.25, -0.2) is 5.10 Å². The summed E-state index contributed by atoms with van der Waals surface area (Å²) in [5, 5.41) is 9.21. The number of carbonyl (C=O) groups excluding carboxylic acids is 1. The summed E-state index contributed by atoms with van der Waals surface area (Å²) in [6.07, 6.45) is 4.34. The number of carbonyl (C=O) groups is 1. The standard InChI is InChI=1S/C12H20N4O2/c1-12(2)7-5-4-6-8(12)9(17)13-10-14-11(18-3)16-15-10/h8H,4-7H2,1-3H3,(H2,13,14,15,16,17). The molecule has 1 aromatic rings. The van der Waals surface area contributed by atoms with Gasteiger partial charge in [0, 0.05) is 5.92 Å². The summed E-state index contributed by atoms with van der Waals surface area (Å²) in [6.45, 7) is 4.30. The van der Waals surface area contributed by atoms with Gasteiger partial charge in [0.2, 0.25) is 11.9 Å². The van der Waals surface area contributed by atoms with Crippen molar-refractivity contribution in [2.24, 2.45) is 11.3 Å². The zero-order chi connectivity index (χ0) is 13.2. The number of ether oxygens (including phenoxy) is 1. The highest BCUT2D eigenvalue weighted by molar-refractivity contribution is 5.91. The molecule has 1 heterocycles. The molecule has 6 nitrogen and oxygen atoms in total.